The third-order valence-electron chi connectivity index (χ3n) is 3.80. The topological polar surface area (TPSA) is 12.0 Å². The number of hydrogen-bond donors (Lipinski definition) is 1. The standard InChI is InChI=1S/C16H25F2N/c1-5-8-19-16(12(4)11(2)3)9-13-6-7-14(17)10-15(13)18/h6-7,10-12,16,19H,5,8-9H2,1-4H3. The minimum Gasteiger partial charge on any atom is -0.313 e. The summed E-state index contributed by atoms with van der Waals surface area (Å²) in [6.45, 7) is 9.56. The molecule has 0 bridgehead atoms. The van der Waals surface area contributed by atoms with Crippen LogP contribution in [-0.2, 0) is 6.42 Å². The molecule has 0 aliphatic carbocycles. The SMILES string of the molecule is CCCNC(Cc1ccc(F)cc1F)C(C)C(C)C. The van der Waals surface area contributed by atoms with Crippen LogP contribution in [0.5, 0.6) is 0 Å². The van der Waals surface area contributed by atoms with Crippen LogP contribution in [0.4, 0.5) is 8.78 Å². The highest BCUT2D eigenvalue weighted by molar-refractivity contribution is 5.19. The molecule has 0 heterocycles. The van der Waals surface area contributed by atoms with E-state index in [4.69, 9.17) is 0 Å². The Morgan fingerprint density at radius 3 is 2.37 bits per heavy atom. The number of benzene rings is 1. The number of nitrogens with one attached hydrogen (secondary N) is 1. The van der Waals surface area contributed by atoms with Crippen LogP contribution in [-0.4, -0.2) is 12.6 Å². The fourth-order valence-electron chi connectivity index (χ4n) is 2.16. The molecule has 108 valence electrons. The van der Waals surface area contributed by atoms with Crippen LogP contribution in [0.1, 0.15) is 39.7 Å². The van der Waals surface area contributed by atoms with Gasteiger partial charge in [0, 0.05) is 12.1 Å². The van der Waals surface area contributed by atoms with Gasteiger partial charge < -0.3 is 5.32 Å². The lowest BCUT2D eigenvalue weighted by molar-refractivity contribution is 0.295. The smallest absolute Gasteiger partial charge is 0.129 e. The van der Waals surface area contributed by atoms with Gasteiger partial charge in [-0.1, -0.05) is 33.8 Å². The summed E-state index contributed by atoms with van der Waals surface area (Å²) in [5.41, 5.74) is 0.586. The Morgan fingerprint density at radius 2 is 1.84 bits per heavy atom. The number of rotatable bonds is 7. The van der Waals surface area contributed by atoms with Crippen molar-refractivity contribution < 1.29 is 8.78 Å². The Bertz CT molecular complexity index is 390. The highest BCUT2D eigenvalue weighted by Gasteiger charge is 2.21. The maximum atomic E-state index is 13.7. The Kier molecular flexibility index (Phi) is 6.43. The van der Waals surface area contributed by atoms with E-state index < -0.39 is 11.6 Å². The Labute approximate surface area is 115 Å². The third kappa shape index (κ3) is 4.90. The van der Waals surface area contributed by atoms with Gasteiger partial charge in [-0.05, 0) is 42.9 Å². The van der Waals surface area contributed by atoms with Crippen molar-refractivity contribution in [2.75, 3.05) is 6.54 Å². The second-order valence-corrected chi connectivity index (χ2v) is 5.60. The van der Waals surface area contributed by atoms with Crippen molar-refractivity contribution in [1.29, 1.82) is 0 Å². The molecule has 0 saturated carbocycles. The van der Waals surface area contributed by atoms with E-state index in [9.17, 15) is 8.78 Å². The molecule has 0 saturated heterocycles. The summed E-state index contributed by atoms with van der Waals surface area (Å²) in [5, 5.41) is 3.48. The Morgan fingerprint density at radius 1 is 1.16 bits per heavy atom. The maximum absolute atomic E-state index is 13.7. The molecule has 0 radical (unpaired) electrons. The molecule has 1 aromatic carbocycles. The summed E-state index contributed by atoms with van der Waals surface area (Å²) in [7, 11) is 0. The van der Waals surface area contributed by atoms with Crippen molar-refractivity contribution in [3.63, 3.8) is 0 Å². The van der Waals surface area contributed by atoms with Gasteiger partial charge in [-0.3, -0.25) is 0 Å². The van der Waals surface area contributed by atoms with E-state index in [0.717, 1.165) is 19.0 Å². The van der Waals surface area contributed by atoms with Gasteiger partial charge in [0.1, 0.15) is 11.6 Å². The average Bonchev–Trinajstić information content (AvgIpc) is 2.36. The summed E-state index contributed by atoms with van der Waals surface area (Å²) < 4.78 is 26.6. The molecule has 0 spiro atoms. The van der Waals surface area contributed by atoms with Gasteiger partial charge in [-0.15, -0.1) is 0 Å². The van der Waals surface area contributed by atoms with Crippen LogP contribution in [0, 0.1) is 23.5 Å². The van der Waals surface area contributed by atoms with Gasteiger partial charge in [0.15, 0.2) is 0 Å². The van der Waals surface area contributed by atoms with Crippen LogP contribution in [0.3, 0.4) is 0 Å². The summed E-state index contributed by atoms with van der Waals surface area (Å²) in [5.74, 6) is 0.00403. The Balaban J connectivity index is 2.81. The summed E-state index contributed by atoms with van der Waals surface area (Å²) >= 11 is 0. The van der Waals surface area contributed by atoms with E-state index >= 15 is 0 Å². The number of hydrogen-bond acceptors (Lipinski definition) is 1. The third-order valence-corrected chi connectivity index (χ3v) is 3.80. The van der Waals surface area contributed by atoms with E-state index in [2.05, 4.69) is 33.0 Å². The molecule has 1 nitrogen and oxygen atoms in total. The largest absolute Gasteiger partial charge is 0.313 e. The average molecular weight is 269 g/mol. The normalized spacial score (nSPS) is 14.7. The zero-order chi connectivity index (χ0) is 14.4. The highest BCUT2D eigenvalue weighted by Crippen LogP contribution is 2.20. The van der Waals surface area contributed by atoms with Crippen molar-refractivity contribution in [3.05, 3.63) is 35.4 Å². The van der Waals surface area contributed by atoms with Gasteiger partial charge in [-0.25, -0.2) is 8.78 Å². The molecule has 0 aliphatic rings. The van der Waals surface area contributed by atoms with Gasteiger partial charge in [0.05, 0.1) is 0 Å². The molecule has 2 atom stereocenters. The first kappa shape index (κ1) is 16.1. The molecular formula is C16H25F2N. The predicted octanol–water partition coefficient (Wildman–Crippen LogP) is 4.17. The molecule has 1 N–H and O–H groups in total. The fraction of sp³-hybridized carbons (Fsp3) is 0.625. The lowest BCUT2D eigenvalue weighted by Crippen LogP contribution is -2.39. The second-order valence-electron chi connectivity index (χ2n) is 5.60. The summed E-state index contributed by atoms with van der Waals surface area (Å²) in [6, 6.07) is 4.07. The van der Waals surface area contributed by atoms with Crippen molar-refractivity contribution in [3.8, 4) is 0 Å². The lowest BCUT2D eigenvalue weighted by Gasteiger charge is -2.28. The van der Waals surface area contributed by atoms with E-state index in [1.54, 1.807) is 6.07 Å². The first-order valence-electron chi connectivity index (χ1n) is 7.13. The summed E-state index contributed by atoms with van der Waals surface area (Å²) in [6.07, 6.45) is 1.65. The van der Waals surface area contributed by atoms with Crippen LogP contribution in [0.25, 0.3) is 0 Å². The van der Waals surface area contributed by atoms with Crippen molar-refractivity contribution in [2.45, 2.75) is 46.6 Å². The van der Waals surface area contributed by atoms with Crippen molar-refractivity contribution >= 4 is 0 Å². The molecule has 2 unspecified atom stereocenters. The molecule has 0 aliphatic heterocycles. The van der Waals surface area contributed by atoms with Crippen molar-refractivity contribution in [2.24, 2.45) is 11.8 Å². The fourth-order valence-corrected chi connectivity index (χ4v) is 2.16. The second kappa shape index (κ2) is 7.59. The van der Waals surface area contributed by atoms with Crippen molar-refractivity contribution in [1.82, 2.24) is 5.32 Å². The van der Waals surface area contributed by atoms with Crippen LogP contribution >= 0.6 is 0 Å². The molecule has 1 rings (SSSR count). The lowest BCUT2D eigenvalue weighted by atomic mass is 9.86. The molecular weight excluding hydrogens is 244 g/mol. The maximum Gasteiger partial charge on any atom is 0.129 e. The van der Waals surface area contributed by atoms with Gasteiger partial charge >= 0.3 is 0 Å². The van der Waals surface area contributed by atoms with Gasteiger partial charge in [-0.2, -0.15) is 0 Å². The monoisotopic (exact) mass is 269 g/mol. The van der Waals surface area contributed by atoms with Gasteiger partial charge in [0.2, 0.25) is 0 Å². The molecule has 1 aromatic rings. The zero-order valence-corrected chi connectivity index (χ0v) is 12.3. The quantitative estimate of drug-likeness (QED) is 0.783. The van der Waals surface area contributed by atoms with E-state index in [1.807, 2.05) is 0 Å². The highest BCUT2D eigenvalue weighted by atomic mass is 19.1. The minimum absolute atomic E-state index is 0.222. The van der Waals surface area contributed by atoms with Crippen LogP contribution in [0.2, 0.25) is 0 Å². The first-order valence-corrected chi connectivity index (χ1v) is 7.13. The number of halogens is 2. The molecule has 19 heavy (non-hydrogen) atoms. The van der Waals surface area contributed by atoms with Crippen LogP contribution in [0.15, 0.2) is 18.2 Å². The Hall–Kier alpha value is -0.960. The molecule has 0 aromatic heterocycles. The van der Waals surface area contributed by atoms with E-state index in [-0.39, 0.29) is 6.04 Å². The molecule has 3 heteroatoms. The predicted molar refractivity (Wildman–Crippen MR) is 76.1 cm³/mol. The van der Waals surface area contributed by atoms with Crippen LogP contribution < -0.4 is 5.32 Å². The van der Waals surface area contributed by atoms with E-state index in [1.165, 1.54) is 6.07 Å². The van der Waals surface area contributed by atoms with Gasteiger partial charge in [0.25, 0.3) is 0 Å². The summed E-state index contributed by atoms with van der Waals surface area (Å²) in [4.78, 5) is 0. The molecule has 0 amide bonds. The first-order chi connectivity index (χ1) is 8.95. The molecule has 0 fully saturated rings. The zero-order valence-electron chi connectivity index (χ0n) is 12.3. The minimum atomic E-state index is -0.517. The van der Waals surface area contributed by atoms with E-state index in [0.29, 0.717) is 23.8 Å².